The van der Waals surface area contributed by atoms with Gasteiger partial charge in [-0.15, -0.1) is 0 Å². The van der Waals surface area contributed by atoms with Gasteiger partial charge in [-0.1, -0.05) is 37.5 Å². The largest absolute Gasteiger partial charge is 0.374 e. The van der Waals surface area contributed by atoms with Crippen LogP contribution >= 0.6 is 0 Å². The first-order valence-corrected chi connectivity index (χ1v) is 9.82. The summed E-state index contributed by atoms with van der Waals surface area (Å²) in [4.78, 5) is 2.54. The van der Waals surface area contributed by atoms with Crippen LogP contribution in [0.15, 0.2) is 24.3 Å². The van der Waals surface area contributed by atoms with E-state index in [0.29, 0.717) is 0 Å². The van der Waals surface area contributed by atoms with E-state index in [2.05, 4.69) is 41.5 Å². The molecule has 2 fully saturated rings. The van der Waals surface area contributed by atoms with Crippen LogP contribution in [0.25, 0.3) is 0 Å². The van der Waals surface area contributed by atoms with E-state index in [4.69, 9.17) is 0 Å². The van der Waals surface area contributed by atoms with Gasteiger partial charge in [0.15, 0.2) is 0 Å². The molecule has 1 aromatic rings. The van der Waals surface area contributed by atoms with Crippen molar-refractivity contribution < 1.29 is 0 Å². The number of nitrogens with one attached hydrogen (secondary N) is 1. The van der Waals surface area contributed by atoms with Crippen molar-refractivity contribution in [3.05, 3.63) is 29.8 Å². The smallest absolute Gasteiger partial charge is 0.0396 e. The van der Waals surface area contributed by atoms with Crippen LogP contribution in [0.1, 0.15) is 56.9 Å². The molecule has 0 radical (unpaired) electrons. The molecule has 1 saturated carbocycles. The van der Waals surface area contributed by atoms with Gasteiger partial charge in [0.1, 0.15) is 0 Å². The average Bonchev–Trinajstić information content (AvgIpc) is 2.62. The summed E-state index contributed by atoms with van der Waals surface area (Å²) in [6.45, 7) is 3.67. The second-order valence-electron chi connectivity index (χ2n) is 7.75. The predicted molar refractivity (Wildman–Crippen MR) is 100 cm³/mol. The summed E-state index contributed by atoms with van der Waals surface area (Å²) in [5, 5.41) is 3.48. The average molecular weight is 315 g/mol. The Bertz CT molecular complexity index is 459. The zero-order chi connectivity index (χ0) is 15.9. The molecule has 128 valence electrons. The van der Waals surface area contributed by atoms with Gasteiger partial charge >= 0.3 is 0 Å². The Morgan fingerprint density at radius 1 is 0.957 bits per heavy atom. The number of para-hydroxylation sites is 1. The Kier molecular flexibility index (Phi) is 6.38. The Labute approximate surface area is 142 Å². The fourth-order valence-electron chi connectivity index (χ4n) is 4.48. The van der Waals surface area contributed by atoms with Crippen LogP contribution in [-0.2, 0) is 6.42 Å². The third-order valence-electron chi connectivity index (χ3n) is 5.94. The van der Waals surface area contributed by atoms with E-state index in [1.54, 1.807) is 5.56 Å². The lowest BCUT2D eigenvalue weighted by atomic mass is 9.88. The molecule has 1 aliphatic carbocycles. The van der Waals surface area contributed by atoms with Crippen molar-refractivity contribution in [2.45, 2.75) is 57.8 Å². The Hall–Kier alpha value is -1.02. The van der Waals surface area contributed by atoms with Gasteiger partial charge < -0.3 is 10.2 Å². The Morgan fingerprint density at radius 2 is 1.70 bits per heavy atom. The highest BCUT2D eigenvalue weighted by Crippen LogP contribution is 2.28. The minimum Gasteiger partial charge on any atom is -0.374 e. The number of anilines is 1. The first kappa shape index (κ1) is 16.8. The molecule has 1 saturated heterocycles. The number of hydrogen-bond acceptors (Lipinski definition) is 2. The highest BCUT2D eigenvalue weighted by Gasteiger charge is 2.18. The number of piperidine rings is 1. The molecule has 0 amide bonds. The van der Waals surface area contributed by atoms with Crippen LogP contribution in [0.3, 0.4) is 0 Å². The van der Waals surface area contributed by atoms with Gasteiger partial charge in [-0.2, -0.15) is 0 Å². The van der Waals surface area contributed by atoms with Gasteiger partial charge in [0, 0.05) is 19.3 Å². The minimum atomic E-state index is 0.909. The second kappa shape index (κ2) is 8.73. The van der Waals surface area contributed by atoms with Crippen molar-refractivity contribution >= 4 is 5.69 Å². The van der Waals surface area contributed by atoms with E-state index in [1.807, 2.05) is 0 Å². The van der Waals surface area contributed by atoms with E-state index in [-0.39, 0.29) is 0 Å². The summed E-state index contributed by atoms with van der Waals surface area (Å²) in [7, 11) is 2.30. The third kappa shape index (κ3) is 4.97. The number of nitrogens with zero attached hydrogens (tertiary/aromatic N) is 1. The topological polar surface area (TPSA) is 15.3 Å². The minimum absolute atomic E-state index is 0.909. The molecule has 1 aliphatic heterocycles. The zero-order valence-corrected chi connectivity index (χ0v) is 14.9. The number of hydrogen-bond donors (Lipinski definition) is 1. The summed E-state index contributed by atoms with van der Waals surface area (Å²) in [6.07, 6.45) is 12.5. The van der Waals surface area contributed by atoms with Gasteiger partial charge in [0.25, 0.3) is 0 Å². The van der Waals surface area contributed by atoms with Gasteiger partial charge in [-0.3, -0.25) is 0 Å². The van der Waals surface area contributed by atoms with Crippen LogP contribution < -0.4 is 10.2 Å². The van der Waals surface area contributed by atoms with Gasteiger partial charge in [-0.25, -0.2) is 0 Å². The monoisotopic (exact) mass is 314 g/mol. The standard InChI is InChI=1S/C21H34N2/c1-23(17-19-7-3-2-4-8-19)21-10-6-5-9-20(21)12-11-18-13-15-22-16-14-18/h5-6,9-10,18-19,22H,2-4,7-8,11-17H2,1H3. The first-order chi connectivity index (χ1) is 11.3. The molecule has 23 heavy (non-hydrogen) atoms. The molecule has 1 heterocycles. The highest BCUT2D eigenvalue weighted by molar-refractivity contribution is 5.53. The maximum Gasteiger partial charge on any atom is 0.0396 e. The molecule has 0 unspecified atom stereocenters. The Morgan fingerprint density at radius 3 is 2.48 bits per heavy atom. The van der Waals surface area contributed by atoms with E-state index in [9.17, 15) is 0 Å². The lowest BCUT2D eigenvalue weighted by Gasteiger charge is -2.30. The van der Waals surface area contributed by atoms with E-state index in [0.717, 1.165) is 11.8 Å². The summed E-state index contributed by atoms with van der Waals surface area (Å²) in [6, 6.07) is 9.12. The van der Waals surface area contributed by atoms with Crippen molar-refractivity contribution in [1.82, 2.24) is 5.32 Å². The normalized spacial score (nSPS) is 20.6. The second-order valence-corrected chi connectivity index (χ2v) is 7.75. The third-order valence-corrected chi connectivity index (χ3v) is 5.94. The highest BCUT2D eigenvalue weighted by atomic mass is 15.1. The molecule has 0 bridgehead atoms. The molecule has 0 spiro atoms. The van der Waals surface area contributed by atoms with Crippen LogP contribution in [0.4, 0.5) is 5.69 Å². The summed E-state index contributed by atoms with van der Waals surface area (Å²) in [5.41, 5.74) is 3.04. The van der Waals surface area contributed by atoms with E-state index >= 15 is 0 Å². The molecule has 3 rings (SSSR count). The van der Waals surface area contributed by atoms with Crippen LogP contribution in [0.2, 0.25) is 0 Å². The van der Waals surface area contributed by atoms with Crippen LogP contribution in [0.5, 0.6) is 0 Å². The number of benzene rings is 1. The van der Waals surface area contributed by atoms with Crippen molar-refractivity contribution in [2.24, 2.45) is 11.8 Å². The Balaban J connectivity index is 1.57. The molecular weight excluding hydrogens is 280 g/mol. The van der Waals surface area contributed by atoms with Gasteiger partial charge in [0.05, 0.1) is 0 Å². The van der Waals surface area contributed by atoms with E-state index < -0.39 is 0 Å². The molecule has 1 aromatic carbocycles. The number of rotatable bonds is 6. The zero-order valence-electron chi connectivity index (χ0n) is 14.9. The van der Waals surface area contributed by atoms with Crippen molar-refractivity contribution in [2.75, 3.05) is 31.6 Å². The maximum atomic E-state index is 3.48. The predicted octanol–water partition coefficient (Wildman–Crippen LogP) is 4.64. The quantitative estimate of drug-likeness (QED) is 0.823. The van der Waals surface area contributed by atoms with Crippen molar-refractivity contribution in [3.63, 3.8) is 0 Å². The van der Waals surface area contributed by atoms with Gasteiger partial charge in [-0.05, 0) is 75.1 Å². The molecule has 2 aliphatic rings. The summed E-state index contributed by atoms with van der Waals surface area (Å²) < 4.78 is 0. The fraction of sp³-hybridized carbons (Fsp3) is 0.714. The fourth-order valence-corrected chi connectivity index (χ4v) is 4.48. The van der Waals surface area contributed by atoms with Crippen molar-refractivity contribution in [3.8, 4) is 0 Å². The lowest BCUT2D eigenvalue weighted by molar-refractivity contribution is 0.353. The van der Waals surface area contributed by atoms with Crippen molar-refractivity contribution in [1.29, 1.82) is 0 Å². The maximum absolute atomic E-state index is 3.48. The molecule has 2 nitrogen and oxygen atoms in total. The summed E-state index contributed by atoms with van der Waals surface area (Å²) >= 11 is 0. The lowest BCUT2D eigenvalue weighted by Crippen LogP contribution is -2.28. The molecule has 0 aromatic heterocycles. The summed E-state index contributed by atoms with van der Waals surface area (Å²) in [5.74, 6) is 1.83. The number of aryl methyl sites for hydroxylation is 1. The first-order valence-electron chi connectivity index (χ1n) is 9.82. The van der Waals surface area contributed by atoms with Gasteiger partial charge in [0.2, 0.25) is 0 Å². The van der Waals surface area contributed by atoms with E-state index in [1.165, 1.54) is 83.1 Å². The van der Waals surface area contributed by atoms with Crippen LogP contribution in [0, 0.1) is 11.8 Å². The molecule has 2 heteroatoms. The molecular formula is C21H34N2. The van der Waals surface area contributed by atoms with Crippen LogP contribution in [-0.4, -0.2) is 26.7 Å². The molecule has 0 atom stereocenters. The molecule has 1 N–H and O–H groups in total. The SMILES string of the molecule is CN(CC1CCCCC1)c1ccccc1CCC1CCNCC1.